The molecule has 1 saturated heterocycles. The van der Waals surface area contributed by atoms with Gasteiger partial charge < -0.3 is 10.6 Å². The Morgan fingerprint density at radius 1 is 1.21 bits per heavy atom. The molecule has 1 aromatic heterocycles. The third-order valence-electron chi connectivity index (χ3n) is 3.79. The van der Waals surface area contributed by atoms with E-state index < -0.39 is 17.9 Å². The summed E-state index contributed by atoms with van der Waals surface area (Å²) in [6.07, 6.45) is -0.808. The average molecular weight is 336 g/mol. The van der Waals surface area contributed by atoms with Crippen LogP contribution in [0.3, 0.4) is 0 Å². The maximum atomic E-state index is 12.4. The zero-order chi connectivity index (χ0) is 17.2. The number of nitrogens with one attached hydrogen (secondary N) is 2. The normalized spacial score (nSPS) is 17.2. The fourth-order valence-electron chi connectivity index (χ4n) is 2.33. The molecule has 126 valence electrons. The first-order valence-electron chi connectivity index (χ1n) is 7.45. The van der Waals surface area contributed by atoms with Crippen molar-refractivity contribution in [2.24, 2.45) is 0 Å². The molecular weight excluding hydrogens is 321 g/mol. The monoisotopic (exact) mass is 336 g/mol. The molecule has 0 bridgehead atoms. The Kier molecular flexibility index (Phi) is 4.48. The van der Waals surface area contributed by atoms with Gasteiger partial charge in [-0.1, -0.05) is 12.1 Å². The highest BCUT2D eigenvalue weighted by molar-refractivity contribution is 6.03. The number of nitrogens with zero attached hydrogens (tertiary/aromatic N) is 2. The average Bonchev–Trinajstić information content (AvgIpc) is 2.52. The summed E-state index contributed by atoms with van der Waals surface area (Å²) in [5.74, 6) is -1.83. The van der Waals surface area contributed by atoms with Gasteiger partial charge in [-0.05, 0) is 37.1 Å². The van der Waals surface area contributed by atoms with Gasteiger partial charge in [0.25, 0.3) is 5.91 Å². The molecule has 1 aliphatic heterocycles. The van der Waals surface area contributed by atoms with E-state index in [0.29, 0.717) is 11.7 Å². The summed E-state index contributed by atoms with van der Waals surface area (Å²) in [7, 11) is 0. The molecule has 5 nitrogen and oxygen atoms in total. The molecule has 3 rings (SSSR count). The number of aromatic nitrogens is 2. The topological polar surface area (TPSA) is 66.9 Å². The minimum Gasteiger partial charge on any atom is -0.322 e. The molecule has 2 N–H and O–H groups in total. The van der Waals surface area contributed by atoms with Gasteiger partial charge in [0.15, 0.2) is 0 Å². The Hall–Kier alpha value is -2.48. The Balaban J connectivity index is 1.61. The minimum absolute atomic E-state index is 0.0363. The summed E-state index contributed by atoms with van der Waals surface area (Å²) >= 11 is 0. The minimum atomic E-state index is -4.62. The summed E-state index contributed by atoms with van der Waals surface area (Å²) in [4.78, 5) is 18.4. The Morgan fingerprint density at radius 2 is 1.83 bits per heavy atom. The SMILES string of the molecule is O=C(Nc1ccc(CC2CCN2)cc1)c1cnc(C(F)(F)F)nc1. The van der Waals surface area contributed by atoms with Crippen molar-refractivity contribution in [1.82, 2.24) is 15.3 Å². The van der Waals surface area contributed by atoms with Crippen molar-refractivity contribution >= 4 is 11.6 Å². The number of halogens is 3. The summed E-state index contributed by atoms with van der Waals surface area (Å²) < 4.78 is 37.2. The van der Waals surface area contributed by atoms with E-state index >= 15 is 0 Å². The molecule has 8 heteroatoms. The summed E-state index contributed by atoms with van der Waals surface area (Å²) in [5, 5.41) is 5.92. The van der Waals surface area contributed by atoms with E-state index in [1.165, 1.54) is 0 Å². The predicted octanol–water partition coefficient (Wildman–Crippen LogP) is 2.65. The number of benzene rings is 1. The van der Waals surface area contributed by atoms with Crippen molar-refractivity contribution in [2.45, 2.75) is 25.1 Å². The number of hydrogen-bond donors (Lipinski definition) is 2. The van der Waals surface area contributed by atoms with Crippen LogP contribution >= 0.6 is 0 Å². The Bertz CT molecular complexity index is 710. The molecule has 1 amide bonds. The number of anilines is 1. The molecule has 24 heavy (non-hydrogen) atoms. The number of amides is 1. The molecule has 2 aromatic rings. The van der Waals surface area contributed by atoms with E-state index in [4.69, 9.17) is 0 Å². The largest absolute Gasteiger partial charge is 0.451 e. The number of alkyl halides is 3. The van der Waals surface area contributed by atoms with Crippen LogP contribution in [0.1, 0.15) is 28.2 Å². The van der Waals surface area contributed by atoms with Crippen LogP contribution in [0.15, 0.2) is 36.7 Å². The molecular formula is C16H15F3N4O. The zero-order valence-corrected chi connectivity index (χ0v) is 12.6. The van der Waals surface area contributed by atoms with Crippen molar-refractivity contribution in [3.05, 3.63) is 53.6 Å². The van der Waals surface area contributed by atoms with Crippen molar-refractivity contribution in [2.75, 3.05) is 11.9 Å². The van der Waals surface area contributed by atoms with Gasteiger partial charge in [0.1, 0.15) is 0 Å². The Labute approximate surface area is 136 Å². The second-order valence-corrected chi connectivity index (χ2v) is 5.59. The van der Waals surface area contributed by atoms with Crippen molar-refractivity contribution in [3.63, 3.8) is 0 Å². The number of rotatable bonds is 4. The Morgan fingerprint density at radius 3 is 2.33 bits per heavy atom. The van der Waals surface area contributed by atoms with Crippen LogP contribution in [0, 0.1) is 0 Å². The van der Waals surface area contributed by atoms with E-state index in [0.717, 1.165) is 37.3 Å². The molecule has 1 atom stereocenters. The summed E-state index contributed by atoms with van der Waals surface area (Å²) in [6.45, 7) is 1.05. The lowest BCUT2D eigenvalue weighted by Gasteiger charge is -2.27. The molecule has 0 saturated carbocycles. The van der Waals surface area contributed by atoms with E-state index in [9.17, 15) is 18.0 Å². The molecule has 0 spiro atoms. The third-order valence-corrected chi connectivity index (χ3v) is 3.79. The molecule has 0 aliphatic carbocycles. The second-order valence-electron chi connectivity index (χ2n) is 5.59. The lowest BCUT2D eigenvalue weighted by molar-refractivity contribution is -0.145. The number of carbonyl (C=O) groups excluding carboxylic acids is 1. The van der Waals surface area contributed by atoms with Gasteiger partial charge in [0, 0.05) is 24.1 Å². The highest BCUT2D eigenvalue weighted by Crippen LogP contribution is 2.25. The van der Waals surface area contributed by atoms with E-state index in [-0.39, 0.29) is 5.56 Å². The molecule has 1 aromatic carbocycles. The molecule has 2 heterocycles. The maximum absolute atomic E-state index is 12.4. The smallest absolute Gasteiger partial charge is 0.322 e. The van der Waals surface area contributed by atoms with Crippen LogP contribution in [0.2, 0.25) is 0 Å². The first-order valence-corrected chi connectivity index (χ1v) is 7.45. The van der Waals surface area contributed by atoms with Gasteiger partial charge in [0.05, 0.1) is 5.56 Å². The standard InChI is InChI=1S/C16H15F3N4O/c17-16(18,19)15-21-8-11(9-22-15)14(24)23-12-3-1-10(2-4-12)7-13-5-6-20-13/h1-4,8-9,13,20H,5-7H2,(H,23,24). The second kappa shape index (κ2) is 6.56. The molecule has 0 radical (unpaired) electrons. The zero-order valence-electron chi connectivity index (χ0n) is 12.6. The van der Waals surface area contributed by atoms with Crippen LogP contribution < -0.4 is 10.6 Å². The van der Waals surface area contributed by atoms with Gasteiger partial charge >= 0.3 is 6.18 Å². The van der Waals surface area contributed by atoms with Crippen LogP contribution in [-0.2, 0) is 12.6 Å². The highest BCUT2D eigenvalue weighted by Gasteiger charge is 2.34. The molecule has 1 fully saturated rings. The first kappa shape index (κ1) is 16.4. The van der Waals surface area contributed by atoms with Crippen molar-refractivity contribution < 1.29 is 18.0 Å². The molecule has 1 aliphatic rings. The highest BCUT2D eigenvalue weighted by atomic mass is 19.4. The van der Waals surface area contributed by atoms with Crippen LogP contribution in [0.25, 0.3) is 0 Å². The lowest BCUT2D eigenvalue weighted by atomic mass is 9.98. The fraction of sp³-hybridized carbons (Fsp3) is 0.312. The number of carbonyl (C=O) groups is 1. The van der Waals surface area contributed by atoms with Gasteiger partial charge in [-0.3, -0.25) is 4.79 Å². The van der Waals surface area contributed by atoms with Gasteiger partial charge in [0.2, 0.25) is 5.82 Å². The van der Waals surface area contributed by atoms with Crippen LogP contribution in [0.4, 0.5) is 18.9 Å². The van der Waals surface area contributed by atoms with Gasteiger partial charge in [-0.2, -0.15) is 13.2 Å². The van der Waals surface area contributed by atoms with Gasteiger partial charge in [-0.15, -0.1) is 0 Å². The molecule has 1 unspecified atom stereocenters. The van der Waals surface area contributed by atoms with Crippen LogP contribution in [-0.4, -0.2) is 28.5 Å². The fourth-order valence-corrected chi connectivity index (χ4v) is 2.33. The third kappa shape index (κ3) is 3.88. The van der Waals surface area contributed by atoms with E-state index in [1.54, 1.807) is 12.1 Å². The number of hydrogen-bond acceptors (Lipinski definition) is 4. The van der Waals surface area contributed by atoms with Crippen LogP contribution in [0.5, 0.6) is 0 Å². The van der Waals surface area contributed by atoms with E-state index in [2.05, 4.69) is 20.6 Å². The maximum Gasteiger partial charge on any atom is 0.451 e. The van der Waals surface area contributed by atoms with E-state index in [1.807, 2.05) is 12.1 Å². The predicted molar refractivity (Wildman–Crippen MR) is 81.5 cm³/mol. The lowest BCUT2D eigenvalue weighted by Crippen LogP contribution is -2.44. The first-order chi connectivity index (χ1) is 11.4. The summed E-state index contributed by atoms with van der Waals surface area (Å²) in [6, 6.07) is 7.86. The quantitative estimate of drug-likeness (QED) is 0.901. The van der Waals surface area contributed by atoms with Gasteiger partial charge in [-0.25, -0.2) is 9.97 Å². The van der Waals surface area contributed by atoms with Crippen molar-refractivity contribution in [3.8, 4) is 0 Å². The summed E-state index contributed by atoms with van der Waals surface area (Å²) in [5.41, 5.74) is 1.68. The van der Waals surface area contributed by atoms with Crippen molar-refractivity contribution in [1.29, 1.82) is 0 Å².